The number of morpholine rings is 1. The predicted molar refractivity (Wildman–Crippen MR) is 84.6 cm³/mol. The molecular weight excluding hydrogens is 264 g/mol. The third-order valence-corrected chi connectivity index (χ3v) is 5.49. The molecule has 0 aromatic heterocycles. The Hall–Kier alpha value is -0.160. The topological polar surface area (TPSA) is 33.7 Å². The van der Waals surface area contributed by atoms with Crippen LogP contribution in [-0.2, 0) is 9.47 Å². The number of ether oxygens (including phenoxy) is 2. The smallest absolute Gasteiger partial charge is 0.0674 e. The van der Waals surface area contributed by atoms with Gasteiger partial charge >= 0.3 is 0 Å². The summed E-state index contributed by atoms with van der Waals surface area (Å²) in [5.74, 6) is 0. The van der Waals surface area contributed by atoms with Crippen LogP contribution in [-0.4, -0.2) is 62.5 Å². The molecule has 2 saturated heterocycles. The summed E-state index contributed by atoms with van der Waals surface area (Å²) in [6, 6.07) is 1.40. The van der Waals surface area contributed by atoms with E-state index < -0.39 is 0 Å². The molecule has 4 nitrogen and oxygen atoms in total. The number of nitrogens with one attached hydrogen (secondary N) is 1. The van der Waals surface area contributed by atoms with Crippen molar-refractivity contribution in [2.45, 2.75) is 64.1 Å². The first kappa shape index (κ1) is 15.7. The fraction of sp³-hybridized carbons (Fsp3) is 1.00. The molecule has 0 aromatic rings. The summed E-state index contributed by atoms with van der Waals surface area (Å²) in [5.41, 5.74) is 0.408. The Morgan fingerprint density at radius 1 is 1.24 bits per heavy atom. The first-order chi connectivity index (χ1) is 10.2. The first-order valence-corrected chi connectivity index (χ1v) is 8.87. The molecule has 21 heavy (non-hydrogen) atoms. The molecule has 2 atom stereocenters. The van der Waals surface area contributed by atoms with Crippen molar-refractivity contribution < 1.29 is 9.47 Å². The molecule has 1 aliphatic carbocycles. The van der Waals surface area contributed by atoms with Gasteiger partial charge in [-0.25, -0.2) is 0 Å². The van der Waals surface area contributed by atoms with E-state index in [1.807, 2.05) is 0 Å². The lowest BCUT2D eigenvalue weighted by molar-refractivity contribution is -0.0831. The van der Waals surface area contributed by atoms with E-state index in [0.717, 1.165) is 32.4 Å². The quantitative estimate of drug-likeness (QED) is 0.813. The van der Waals surface area contributed by atoms with Crippen LogP contribution in [0.2, 0.25) is 0 Å². The van der Waals surface area contributed by atoms with Crippen molar-refractivity contribution in [1.29, 1.82) is 0 Å². The molecule has 1 saturated carbocycles. The van der Waals surface area contributed by atoms with Gasteiger partial charge in [0.2, 0.25) is 0 Å². The van der Waals surface area contributed by atoms with E-state index in [2.05, 4.69) is 24.1 Å². The van der Waals surface area contributed by atoms with Crippen molar-refractivity contribution in [3.05, 3.63) is 0 Å². The highest BCUT2D eigenvalue weighted by atomic mass is 16.5. The second-order valence-electron chi connectivity index (χ2n) is 7.40. The lowest BCUT2D eigenvalue weighted by Crippen LogP contribution is -2.55. The summed E-state index contributed by atoms with van der Waals surface area (Å²) in [7, 11) is 0. The van der Waals surface area contributed by atoms with E-state index in [1.165, 1.54) is 45.2 Å². The minimum absolute atomic E-state index is 0.376. The molecular formula is C17H32N2O2. The minimum Gasteiger partial charge on any atom is -0.381 e. The van der Waals surface area contributed by atoms with Crippen LogP contribution in [0, 0.1) is 5.41 Å². The van der Waals surface area contributed by atoms with Crippen molar-refractivity contribution in [3.63, 3.8) is 0 Å². The Morgan fingerprint density at radius 3 is 2.67 bits per heavy atom. The molecule has 0 spiro atoms. The van der Waals surface area contributed by atoms with Crippen LogP contribution in [0.5, 0.6) is 0 Å². The van der Waals surface area contributed by atoms with E-state index in [4.69, 9.17) is 9.47 Å². The molecule has 1 N–H and O–H groups in total. The van der Waals surface area contributed by atoms with Crippen LogP contribution in [0.3, 0.4) is 0 Å². The third kappa shape index (κ3) is 4.19. The normalized spacial score (nSPS) is 34.0. The molecule has 2 heterocycles. The summed E-state index contributed by atoms with van der Waals surface area (Å²) in [6.07, 6.45) is 6.72. The first-order valence-electron chi connectivity index (χ1n) is 8.87. The molecule has 2 unspecified atom stereocenters. The Labute approximate surface area is 129 Å². The maximum atomic E-state index is 5.86. The third-order valence-electron chi connectivity index (χ3n) is 5.49. The van der Waals surface area contributed by atoms with E-state index in [1.54, 1.807) is 0 Å². The lowest BCUT2D eigenvalue weighted by Gasteiger charge is -2.46. The Morgan fingerprint density at radius 2 is 2.00 bits per heavy atom. The van der Waals surface area contributed by atoms with Crippen LogP contribution < -0.4 is 5.32 Å². The van der Waals surface area contributed by atoms with E-state index in [9.17, 15) is 0 Å². The summed E-state index contributed by atoms with van der Waals surface area (Å²) in [5, 5.41) is 3.79. The predicted octanol–water partition coefficient (Wildman–Crippen LogP) is 2.03. The van der Waals surface area contributed by atoms with Gasteiger partial charge in [0.15, 0.2) is 0 Å². The number of nitrogens with zero attached hydrogens (tertiary/aromatic N) is 1. The fourth-order valence-corrected chi connectivity index (χ4v) is 3.76. The van der Waals surface area contributed by atoms with Crippen LogP contribution in [0.15, 0.2) is 0 Å². The summed E-state index contributed by atoms with van der Waals surface area (Å²) < 4.78 is 11.5. The van der Waals surface area contributed by atoms with Gasteiger partial charge in [0.1, 0.15) is 0 Å². The zero-order valence-corrected chi connectivity index (χ0v) is 13.8. The van der Waals surface area contributed by atoms with Gasteiger partial charge in [-0.15, -0.1) is 0 Å². The van der Waals surface area contributed by atoms with E-state index >= 15 is 0 Å². The molecule has 2 aliphatic heterocycles. The molecule has 0 amide bonds. The van der Waals surface area contributed by atoms with Crippen LogP contribution in [0.1, 0.15) is 46.0 Å². The fourth-order valence-electron chi connectivity index (χ4n) is 3.76. The molecule has 3 rings (SSSR count). The molecule has 3 aliphatic rings. The van der Waals surface area contributed by atoms with E-state index in [0.29, 0.717) is 17.6 Å². The van der Waals surface area contributed by atoms with Crippen molar-refractivity contribution >= 4 is 0 Å². The highest BCUT2D eigenvalue weighted by Gasteiger charge is 2.38. The van der Waals surface area contributed by atoms with Gasteiger partial charge < -0.3 is 14.8 Å². The van der Waals surface area contributed by atoms with Gasteiger partial charge in [0, 0.05) is 44.9 Å². The zero-order chi connectivity index (χ0) is 14.7. The molecule has 0 aromatic carbocycles. The Bertz CT molecular complexity index is 327. The maximum Gasteiger partial charge on any atom is 0.0674 e. The van der Waals surface area contributed by atoms with Gasteiger partial charge in [-0.3, -0.25) is 4.90 Å². The van der Waals surface area contributed by atoms with Crippen LogP contribution in [0.4, 0.5) is 0 Å². The summed E-state index contributed by atoms with van der Waals surface area (Å²) in [4.78, 5) is 2.70. The molecule has 0 bridgehead atoms. The monoisotopic (exact) mass is 296 g/mol. The molecule has 4 heteroatoms. The van der Waals surface area contributed by atoms with Crippen molar-refractivity contribution in [3.8, 4) is 0 Å². The Balaban J connectivity index is 1.63. The van der Waals surface area contributed by atoms with E-state index in [-0.39, 0.29) is 0 Å². The highest BCUT2D eigenvalue weighted by molar-refractivity contribution is 4.93. The molecule has 0 radical (unpaired) electrons. The molecule has 122 valence electrons. The SMILES string of the molecule is CCC1COC(C)CN1CC1(CNC2CC2)CCOCC1. The van der Waals surface area contributed by atoms with Crippen LogP contribution in [0.25, 0.3) is 0 Å². The second-order valence-corrected chi connectivity index (χ2v) is 7.40. The number of hydrogen-bond acceptors (Lipinski definition) is 4. The standard InChI is InChI=1S/C17H32N2O2/c1-3-16-11-21-14(2)10-19(16)13-17(6-8-20-9-7-17)12-18-15-4-5-15/h14-16,18H,3-13H2,1-2H3. The van der Waals surface area contributed by atoms with Crippen molar-refractivity contribution in [1.82, 2.24) is 10.2 Å². The minimum atomic E-state index is 0.376. The van der Waals surface area contributed by atoms with Crippen LogP contribution >= 0.6 is 0 Å². The van der Waals surface area contributed by atoms with Gasteiger partial charge in [-0.2, -0.15) is 0 Å². The lowest BCUT2D eigenvalue weighted by atomic mass is 9.79. The van der Waals surface area contributed by atoms with Gasteiger partial charge in [0.25, 0.3) is 0 Å². The molecule has 3 fully saturated rings. The van der Waals surface area contributed by atoms with Gasteiger partial charge in [-0.1, -0.05) is 6.92 Å². The number of rotatable bonds is 6. The van der Waals surface area contributed by atoms with Crippen molar-refractivity contribution in [2.24, 2.45) is 5.41 Å². The average Bonchev–Trinajstić information content (AvgIpc) is 3.31. The van der Waals surface area contributed by atoms with Crippen molar-refractivity contribution in [2.75, 3.05) is 39.5 Å². The van der Waals surface area contributed by atoms with Gasteiger partial charge in [0.05, 0.1) is 12.7 Å². The summed E-state index contributed by atoms with van der Waals surface area (Å²) >= 11 is 0. The number of hydrogen-bond donors (Lipinski definition) is 1. The average molecular weight is 296 g/mol. The maximum absolute atomic E-state index is 5.86. The zero-order valence-electron chi connectivity index (χ0n) is 13.8. The highest BCUT2D eigenvalue weighted by Crippen LogP contribution is 2.34. The Kier molecular flexibility index (Phi) is 5.20. The largest absolute Gasteiger partial charge is 0.381 e. The summed E-state index contributed by atoms with van der Waals surface area (Å²) in [6.45, 7) is 10.7. The van der Waals surface area contributed by atoms with Gasteiger partial charge in [-0.05, 0) is 44.4 Å². The second kappa shape index (κ2) is 6.95.